The molecule has 1 saturated heterocycles. The number of esters is 1. The third-order valence-electron chi connectivity index (χ3n) is 3.89. The molecule has 0 atom stereocenters. The number of carbonyl (C=O) groups excluding carboxylic acids is 2. The van der Waals surface area contributed by atoms with Gasteiger partial charge in [0.25, 0.3) is 0 Å². The van der Waals surface area contributed by atoms with Gasteiger partial charge in [0.15, 0.2) is 5.75 Å². The van der Waals surface area contributed by atoms with Crippen LogP contribution in [0.25, 0.3) is 0 Å². The summed E-state index contributed by atoms with van der Waals surface area (Å²) >= 11 is 17.9. The number of likely N-dealkylation sites (tertiary alicyclic amines) is 1. The summed E-state index contributed by atoms with van der Waals surface area (Å²) in [4.78, 5) is 25.7. The van der Waals surface area contributed by atoms with E-state index >= 15 is 0 Å². The molecule has 1 heterocycles. The normalized spacial score (nSPS) is 14.0. The molecule has 0 N–H and O–H groups in total. The van der Waals surface area contributed by atoms with Crippen LogP contribution in [0.1, 0.15) is 28.8 Å². The van der Waals surface area contributed by atoms with Crippen LogP contribution in [-0.4, -0.2) is 23.3 Å². The molecule has 25 heavy (non-hydrogen) atoms. The van der Waals surface area contributed by atoms with Crippen LogP contribution in [0.15, 0.2) is 36.4 Å². The van der Waals surface area contributed by atoms with Gasteiger partial charge in [0.05, 0.1) is 15.6 Å². The molecule has 0 saturated carbocycles. The van der Waals surface area contributed by atoms with E-state index in [2.05, 4.69) is 0 Å². The Kier molecular flexibility index (Phi) is 5.52. The van der Waals surface area contributed by atoms with Gasteiger partial charge in [-0.3, -0.25) is 4.79 Å². The van der Waals surface area contributed by atoms with Crippen molar-refractivity contribution in [3.05, 3.63) is 62.6 Å². The Labute approximate surface area is 160 Å². The molecular weight excluding hydrogens is 385 g/mol. The predicted octanol–water partition coefficient (Wildman–Crippen LogP) is 4.99. The van der Waals surface area contributed by atoms with Gasteiger partial charge in [-0.2, -0.15) is 0 Å². The van der Waals surface area contributed by atoms with Crippen molar-refractivity contribution in [3.8, 4) is 5.75 Å². The molecule has 0 unspecified atom stereocenters. The van der Waals surface area contributed by atoms with E-state index in [9.17, 15) is 9.59 Å². The lowest BCUT2D eigenvalue weighted by molar-refractivity contribution is -0.128. The summed E-state index contributed by atoms with van der Waals surface area (Å²) in [5, 5.41) is 0.681. The average molecular weight is 399 g/mol. The van der Waals surface area contributed by atoms with E-state index in [-0.39, 0.29) is 21.7 Å². The summed E-state index contributed by atoms with van der Waals surface area (Å²) in [5.74, 6) is -0.338. The van der Waals surface area contributed by atoms with Gasteiger partial charge in [0.1, 0.15) is 0 Å². The smallest absolute Gasteiger partial charge is 0.343 e. The number of amides is 1. The standard InChI is InChI=1S/C18H14Cl3NO3/c19-13-8-14(20)17(15(21)9-13)25-18(24)12-5-3-11(4-6-12)10-22-7-1-2-16(22)23/h3-6,8-9H,1-2,7,10H2. The first-order valence-corrected chi connectivity index (χ1v) is 8.81. The van der Waals surface area contributed by atoms with Crippen molar-refractivity contribution in [3.63, 3.8) is 0 Å². The van der Waals surface area contributed by atoms with Crippen LogP contribution >= 0.6 is 34.8 Å². The minimum Gasteiger partial charge on any atom is -0.420 e. The highest BCUT2D eigenvalue weighted by atomic mass is 35.5. The molecule has 1 aliphatic rings. The quantitative estimate of drug-likeness (QED) is 0.538. The lowest BCUT2D eigenvalue weighted by Crippen LogP contribution is -2.23. The first-order valence-electron chi connectivity index (χ1n) is 7.67. The second kappa shape index (κ2) is 7.65. The lowest BCUT2D eigenvalue weighted by Gasteiger charge is -2.15. The van der Waals surface area contributed by atoms with Gasteiger partial charge in [-0.1, -0.05) is 46.9 Å². The highest BCUT2D eigenvalue weighted by Crippen LogP contribution is 2.36. The van der Waals surface area contributed by atoms with E-state index in [1.165, 1.54) is 12.1 Å². The van der Waals surface area contributed by atoms with Crippen LogP contribution in [0.2, 0.25) is 15.1 Å². The zero-order chi connectivity index (χ0) is 18.0. The molecule has 0 aliphatic carbocycles. The van der Waals surface area contributed by atoms with Crippen molar-refractivity contribution < 1.29 is 14.3 Å². The number of halogens is 3. The van der Waals surface area contributed by atoms with Crippen molar-refractivity contribution in [1.82, 2.24) is 4.90 Å². The summed E-state index contributed by atoms with van der Waals surface area (Å²) in [5.41, 5.74) is 1.31. The molecule has 0 bridgehead atoms. The van der Waals surface area contributed by atoms with Crippen molar-refractivity contribution in [2.24, 2.45) is 0 Å². The Morgan fingerprint density at radius 1 is 1.08 bits per heavy atom. The van der Waals surface area contributed by atoms with Gasteiger partial charge in [0.2, 0.25) is 5.91 Å². The monoisotopic (exact) mass is 397 g/mol. The fourth-order valence-corrected chi connectivity index (χ4v) is 3.51. The zero-order valence-corrected chi connectivity index (χ0v) is 15.4. The van der Waals surface area contributed by atoms with E-state index in [1.54, 1.807) is 29.2 Å². The largest absolute Gasteiger partial charge is 0.420 e. The second-order valence-electron chi connectivity index (χ2n) is 5.70. The van der Waals surface area contributed by atoms with E-state index in [0.29, 0.717) is 23.6 Å². The summed E-state index contributed by atoms with van der Waals surface area (Å²) in [6, 6.07) is 9.80. The Hall–Kier alpha value is -1.75. The molecule has 2 aromatic rings. The molecule has 1 fully saturated rings. The maximum atomic E-state index is 12.3. The van der Waals surface area contributed by atoms with Gasteiger partial charge in [0, 0.05) is 24.5 Å². The number of benzene rings is 2. The number of rotatable bonds is 4. The maximum absolute atomic E-state index is 12.3. The summed E-state index contributed by atoms with van der Waals surface area (Å²) in [6.07, 6.45) is 1.50. The van der Waals surface area contributed by atoms with E-state index in [0.717, 1.165) is 18.5 Å². The SMILES string of the molecule is O=C(Oc1c(Cl)cc(Cl)cc1Cl)c1ccc(CN2CCCC2=O)cc1. The fourth-order valence-electron chi connectivity index (χ4n) is 2.62. The predicted molar refractivity (Wildman–Crippen MR) is 97.5 cm³/mol. The third kappa shape index (κ3) is 4.27. The molecule has 3 rings (SSSR count). The van der Waals surface area contributed by atoms with Gasteiger partial charge in [-0.05, 0) is 36.2 Å². The van der Waals surface area contributed by atoms with Gasteiger partial charge in [-0.25, -0.2) is 4.79 Å². The first-order chi connectivity index (χ1) is 11.9. The van der Waals surface area contributed by atoms with Crippen LogP contribution < -0.4 is 4.74 Å². The van der Waals surface area contributed by atoms with E-state index in [4.69, 9.17) is 39.5 Å². The minimum atomic E-state index is -0.574. The first kappa shape index (κ1) is 18.1. The van der Waals surface area contributed by atoms with E-state index in [1.807, 2.05) is 0 Å². The van der Waals surface area contributed by atoms with Gasteiger partial charge in [-0.15, -0.1) is 0 Å². The molecule has 4 nitrogen and oxygen atoms in total. The van der Waals surface area contributed by atoms with Crippen LogP contribution in [0.3, 0.4) is 0 Å². The van der Waals surface area contributed by atoms with Crippen molar-refractivity contribution in [1.29, 1.82) is 0 Å². The third-order valence-corrected chi connectivity index (χ3v) is 4.67. The van der Waals surface area contributed by atoms with Gasteiger partial charge < -0.3 is 9.64 Å². The summed E-state index contributed by atoms with van der Waals surface area (Å²) < 4.78 is 5.28. The lowest BCUT2D eigenvalue weighted by atomic mass is 10.1. The minimum absolute atomic E-state index is 0.0736. The molecule has 2 aromatic carbocycles. The van der Waals surface area contributed by atoms with E-state index < -0.39 is 5.97 Å². The number of hydrogen-bond acceptors (Lipinski definition) is 3. The molecule has 130 valence electrons. The molecule has 0 spiro atoms. The summed E-state index contributed by atoms with van der Waals surface area (Å²) in [6.45, 7) is 1.32. The molecule has 1 amide bonds. The number of nitrogens with zero attached hydrogens (tertiary/aromatic N) is 1. The average Bonchev–Trinajstić information content (AvgIpc) is 2.96. The second-order valence-corrected chi connectivity index (χ2v) is 6.95. The Balaban J connectivity index is 1.70. The van der Waals surface area contributed by atoms with Crippen molar-refractivity contribution in [2.45, 2.75) is 19.4 Å². The number of carbonyl (C=O) groups is 2. The summed E-state index contributed by atoms with van der Waals surface area (Å²) in [7, 11) is 0. The van der Waals surface area contributed by atoms with Crippen molar-refractivity contribution in [2.75, 3.05) is 6.54 Å². The number of ether oxygens (including phenoxy) is 1. The zero-order valence-electron chi connectivity index (χ0n) is 13.1. The molecule has 1 aliphatic heterocycles. The molecule has 7 heteroatoms. The highest BCUT2D eigenvalue weighted by molar-refractivity contribution is 6.40. The van der Waals surface area contributed by atoms with Crippen molar-refractivity contribution >= 4 is 46.7 Å². The Bertz CT molecular complexity index is 798. The van der Waals surface area contributed by atoms with Crippen LogP contribution in [0.4, 0.5) is 0 Å². The van der Waals surface area contributed by atoms with Crippen LogP contribution in [0.5, 0.6) is 5.75 Å². The fraction of sp³-hybridized carbons (Fsp3) is 0.222. The topological polar surface area (TPSA) is 46.6 Å². The molecular formula is C18H14Cl3NO3. The Morgan fingerprint density at radius 3 is 2.28 bits per heavy atom. The molecule has 0 radical (unpaired) electrons. The number of hydrogen-bond donors (Lipinski definition) is 0. The highest BCUT2D eigenvalue weighted by Gasteiger charge is 2.20. The molecule has 0 aromatic heterocycles. The maximum Gasteiger partial charge on any atom is 0.343 e. The Morgan fingerprint density at radius 2 is 1.72 bits per heavy atom. The van der Waals surface area contributed by atoms with Crippen LogP contribution in [0, 0.1) is 0 Å². The van der Waals surface area contributed by atoms with Crippen LogP contribution in [-0.2, 0) is 11.3 Å². The van der Waals surface area contributed by atoms with Gasteiger partial charge >= 0.3 is 5.97 Å².